The molecule has 0 saturated heterocycles. The molecule has 2 aromatic carbocycles. The summed E-state index contributed by atoms with van der Waals surface area (Å²) >= 11 is 0. The molecule has 0 aliphatic rings. The van der Waals surface area contributed by atoms with Gasteiger partial charge in [-0.2, -0.15) is 8.78 Å². The highest BCUT2D eigenvalue weighted by Gasteiger charge is 2.31. The summed E-state index contributed by atoms with van der Waals surface area (Å²) in [6, 6.07) is 15.7. The van der Waals surface area contributed by atoms with E-state index in [-0.39, 0.29) is 18.2 Å². The lowest BCUT2D eigenvalue weighted by Gasteiger charge is -2.21. The van der Waals surface area contributed by atoms with E-state index in [1.807, 2.05) is 38.1 Å². The van der Waals surface area contributed by atoms with Crippen molar-refractivity contribution in [3.05, 3.63) is 71.3 Å². The lowest BCUT2D eigenvalue weighted by Crippen LogP contribution is -2.32. The molecule has 0 fully saturated rings. The summed E-state index contributed by atoms with van der Waals surface area (Å²) in [4.78, 5) is 0. The van der Waals surface area contributed by atoms with Gasteiger partial charge in [-0.3, -0.25) is 0 Å². The zero-order valence-corrected chi connectivity index (χ0v) is 11.7. The zero-order valence-electron chi connectivity index (χ0n) is 11.7. The van der Waals surface area contributed by atoms with E-state index in [1.165, 1.54) is 12.1 Å². The van der Waals surface area contributed by atoms with E-state index in [0.29, 0.717) is 0 Å². The summed E-state index contributed by atoms with van der Waals surface area (Å²) in [7, 11) is 0. The fourth-order valence-corrected chi connectivity index (χ4v) is 2.12. The van der Waals surface area contributed by atoms with Crippen LogP contribution < -0.4 is 5.32 Å². The summed E-state index contributed by atoms with van der Waals surface area (Å²) in [6.07, 6.45) is 0. The molecule has 0 aromatic heterocycles. The molecule has 1 atom stereocenters. The lowest BCUT2D eigenvalue weighted by molar-refractivity contribution is -0.00534. The van der Waals surface area contributed by atoms with Crippen molar-refractivity contribution in [1.29, 1.82) is 0 Å². The Morgan fingerprint density at radius 1 is 1.05 bits per heavy atom. The molecule has 3 heteroatoms. The number of hydrogen-bond donors (Lipinski definition) is 1. The van der Waals surface area contributed by atoms with Gasteiger partial charge >= 0.3 is 0 Å². The van der Waals surface area contributed by atoms with Gasteiger partial charge < -0.3 is 5.32 Å². The third-order valence-electron chi connectivity index (χ3n) is 3.37. The summed E-state index contributed by atoms with van der Waals surface area (Å²) < 4.78 is 28.1. The van der Waals surface area contributed by atoms with Crippen LogP contribution in [0.2, 0.25) is 0 Å². The number of nitrogens with one attached hydrogen (secondary N) is 1. The van der Waals surface area contributed by atoms with Crippen LogP contribution in [-0.2, 0) is 5.92 Å². The molecule has 0 radical (unpaired) electrons. The van der Waals surface area contributed by atoms with Gasteiger partial charge in [0.15, 0.2) is 0 Å². The van der Waals surface area contributed by atoms with Crippen molar-refractivity contribution in [3.63, 3.8) is 0 Å². The van der Waals surface area contributed by atoms with Gasteiger partial charge in [-0.25, -0.2) is 0 Å². The van der Waals surface area contributed by atoms with Gasteiger partial charge in [-0.1, -0.05) is 60.2 Å². The van der Waals surface area contributed by atoms with Crippen LogP contribution in [0.3, 0.4) is 0 Å². The Labute approximate surface area is 118 Å². The maximum atomic E-state index is 14.0. The van der Waals surface area contributed by atoms with E-state index in [4.69, 9.17) is 0 Å². The topological polar surface area (TPSA) is 12.0 Å². The van der Waals surface area contributed by atoms with E-state index in [2.05, 4.69) is 5.32 Å². The maximum absolute atomic E-state index is 14.0. The van der Waals surface area contributed by atoms with Crippen molar-refractivity contribution in [2.75, 3.05) is 6.54 Å². The van der Waals surface area contributed by atoms with Gasteiger partial charge in [0.2, 0.25) is 0 Å². The van der Waals surface area contributed by atoms with Gasteiger partial charge in [0.05, 0.1) is 6.54 Å². The van der Waals surface area contributed by atoms with Gasteiger partial charge in [-0.15, -0.1) is 0 Å². The van der Waals surface area contributed by atoms with Gasteiger partial charge in [0.25, 0.3) is 5.92 Å². The molecule has 1 nitrogen and oxygen atoms in total. The van der Waals surface area contributed by atoms with Crippen LogP contribution in [0.5, 0.6) is 0 Å². The molecule has 106 valence electrons. The highest BCUT2D eigenvalue weighted by Crippen LogP contribution is 2.27. The SMILES string of the molecule is Cc1cccc([C@H](C)NCC(F)(F)c2ccccc2)c1. The van der Waals surface area contributed by atoms with Crippen LogP contribution >= 0.6 is 0 Å². The highest BCUT2D eigenvalue weighted by molar-refractivity contribution is 5.25. The predicted molar refractivity (Wildman–Crippen MR) is 77.9 cm³/mol. The first-order valence-corrected chi connectivity index (χ1v) is 6.72. The quantitative estimate of drug-likeness (QED) is 0.850. The Morgan fingerprint density at radius 3 is 2.40 bits per heavy atom. The summed E-state index contributed by atoms with van der Waals surface area (Å²) in [5, 5.41) is 2.91. The number of rotatable bonds is 5. The Morgan fingerprint density at radius 2 is 1.75 bits per heavy atom. The molecule has 0 aliphatic carbocycles. The van der Waals surface area contributed by atoms with Gasteiger partial charge in [0.1, 0.15) is 0 Å². The highest BCUT2D eigenvalue weighted by atomic mass is 19.3. The number of aryl methyl sites for hydroxylation is 1. The largest absolute Gasteiger partial charge is 0.304 e. The van der Waals surface area contributed by atoms with Crippen LogP contribution in [0, 0.1) is 6.92 Å². The first kappa shape index (κ1) is 14.7. The predicted octanol–water partition coefficient (Wildman–Crippen LogP) is 4.44. The Kier molecular flexibility index (Phi) is 4.50. The molecule has 0 spiro atoms. The monoisotopic (exact) mass is 275 g/mol. The van der Waals surface area contributed by atoms with Crippen molar-refractivity contribution in [3.8, 4) is 0 Å². The Hall–Kier alpha value is -1.74. The second-order valence-electron chi connectivity index (χ2n) is 5.09. The third-order valence-corrected chi connectivity index (χ3v) is 3.37. The summed E-state index contributed by atoms with van der Waals surface area (Å²) in [6.45, 7) is 3.52. The minimum atomic E-state index is -2.86. The molecule has 0 saturated carbocycles. The third kappa shape index (κ3) is 3.64. The molecule has 0 amide bonds. The lowest BCUT2D eigenvalue weighted by atomic mass is 10.0. The van der Waals surface area contributed by atoms with Gasteiger partial charge in [0, 0.05) is 11.6 Å². The van der Waals surface area contributed by atoms with Crippen molar-refractivity contribution < 1.29 is 8.78 Å². The van der Waals surface area contributed by atoms with Crippen LogP contribution in [0.4, 0.5) is 8.78 Å². The van der Waals surface area contributed by atoms with Crippen LogP contribution in [-0.4, -0.2) is 6.54 Å². The molecule has 20 heavy (non-hydrogen) atoms. The van der Waals surface area contributed by atoms with Gasteiger partial charge in [-0.05, 0) is 19.4 Å². The average Bonchev–Trinajstić information content (AvgIpc) is 2.46. The van der Waals surface area contributed by atoms with Crippen molar-refractivity contribution in [2.45, 2.75) is 25.8 Å². The number of hydrogen-bond acceptors (Lipinski definition) is 1. The van der Waals surface area contributed by atoms with Crippen LogP contribution in [0.25, 0.3) is 0 Å². The minimum absolute atomic E-state index is 0.0453. The average molecular weight is 275 g/mol. The fraction of sp³-hybridized carbons (Fsp3) is 0.294. The first-order chi connectivity index (χ1) is 9.49. The van der Waals surface area contributed by atoms with E-state index in [0.717, 1.165) is 11.1 Å². The Balaban J connectivity index is 2.01. The first-order valence-electron chi connectivity index (χ1n) is 6.72. The molecular formula is C17H19F2N. The molecule has 0 heterocycles. The van der Waals surface area contributed by atoms with Crippen molar-refractivity contribution in [2.24, 2.45) is 0 Å². The fourth-order valence-electron chi connectivity index (χ4n) is 2.12. The van der Waals surface area contributed by atoms with Crippen molar-refractivity contribution >= 4 is 0 Å². The number of halogens is 2. The second kappa shape index (κ2) is 6.14. The molecule has 2 rings (SSSR count). The van der Waals surface area contributed by atoms with E-state index in [9.17, 15) is 8.78 Å². The minimum Gasteiger partial charge on any atom is -0.304 e. The molecular weight excluding hydrogens is 256 g/mol. The molecule has 0 aliphatic heterocycles. The maximum Gasteiger partial charge on any atom is 0.285 e. The smallest absolute Gasteiger partial charge is 0.285 e. The van der Waals surface area contributed by atoms with E-state index < -0.39 is 5.92 Å². The second-order valence-corrected chi connectivity index (χ2v) is 5.09. The Bertz CT molecular complexity index is 552. The summed E-state index contributed by atoms with van der Waals surface area (Å²) in [5.74, 6) is -2.86. The van der Waals surface area contributed by atoms with E-state index in [1.54, 1.807) is 18.2 Å². The molecule has 1 N–H and O–H groups in total. The standard InChI is InChI=1S/C17H19F2N/c1-13-7-6-8-15(11-13)14(2)20-12-17(18,19)16-9-4-3-5-10-16/h3-11,14,20H,12H2,1-2H3/t14-/m0/s1. The summed E-state index contributed by atoms with van der Waals surface area (Å²) in [5.41, 5.74) is 2.20. The molecule has 0 bridgehead atoms. The van der Waals surface area contributed by atoms with E-state index >= 15 is 0 Å². The van der Waals surface area contributed by atoms with Crippen molar-refractivity contribution in [1.82, 2.24) is 5.32 Å². The van der Waals surface area contributed by atoms with Crippen LogP contribution in [0.15, 0.2) is 54.6 Å². The zero-order chi connectivity index (χ0) is 14.6. The number of alkyl halides is 2. The van der Waals surface area contributed by atoms with Crippen LogP contribution in [0.1, 0.15) is 29.7 Å². The molecule has 2 aromatic rings. The molecule has 0 unspecified atom stereocenters. The number of benzene rings is 2. The normalized spacial score (nSPS) is 13.2.